The molecule has 0 aliphatic rings. The van der Waals surface area contributed by atoms with Gasteiger partial charge < -0.3 is 10.5 Å². The summed E-state index contributed by atoms with van der Waals surface area (Å²) in [6.45, 7) is 2.15. The molecule has 0 bridgehead atoms. The average Bonchev–Trinajstić information content (AvgIpc) is 2.27. The van der Waals surface area contributed by atoms with Gasteiger partial charge in [-0.1, -0.05) is 36.4 Å². The fourth-order valence-electron chi connectivity index (χ4n) is 1.16. The van der Waals surface area contributed by atoms with E-state index in [1.54, 1.807) is 13.0 Å². The molecule has 0 saturated carbocycles. The first-order valence-corrected chi connectivity index (χ1v) is 4.89. The van der Waals surface area contributed by atoms with Gasteiger partial charge in [0.15, 0.2) is 0 Å². The first-order chi connectivity index (χ1) is 7.24. The van der Waals surface area contributed by atoms with E-state index in [4.69, 9.17) is 10.5 Å². The van der Waals surface area contributed by atoms with Crippen LogP contribution in [-0.2, 0) is 9.53 Å². The maximum Gasteiger partial charge on any atom is 0.330 e. The second-order valence-electron chi connectivity index (χ2n) is 3.05. The molecule has 1 unspecified atom stereocenters. The van der Waals surface area contributed by atoms with Crippen molar-refractivity contribution in [3.63, 3.8) is 0 Å². The molecule has 0 aliphatic carbocycles. The minimum Gasteiger partial charge on any atom is -0.463 e. The van der Waals surface area contributed by atoms with Crippen molar-refractivity contribution < 1.29 is 9.53 Å². The third-order valence-corrected chi connectivity index (χ3v) is 1.91. The van der Waals surface area contributed by atoms with E-state index >= 15 is 0 Å². The predicted octanol–water partition coefficient (Wildman–Crippen LogP) is 1.81. The van der Waals surface area contributed by atoms with Gasteiger partial charge in [-0.05, 0) is 12.5 Å². The van der Waals surface area contributed by atoms with Crippen molar-refractivity contribution >= 4 is 5.97 Å². The van der Waals surface area contributed by atoms with Crippen LogP contribution in [-0.4, -0.2) is 12.6 Å². The van der Waals surface area contributed by atoms with Crippen LogP contribution < -0.4 is 5.73 Å². The third-order valence-electron chi connectivity index (χ3n) is 1.91. The quantitative estimate of drug-likeness (QED) is 0.602. The van der Waals surface area contributed by atoms with Crippen LogP contribution in [0.5, 0.6) is 0 Å². The van der Waals surface area contributed by atoms with Gasteiger partial charge in [0.1, 0.15) is 0 Å². The summed E-state index contributed by atoms with van der Waals surface area (Å²) in [5.74, 6) is -0.358. The minimum atomic E-state index is -0.358. The topological polar surface area (TPSA) is 52.3 Å². The molecule has 2 N–H and O–H groups in total. The first kappa shape index (κ1) is 11.5. The van der Waals surface area contributed by atoms with E-state index in [9.17, 15) is 4.79 Å². The Morgan fingerprint density at radius 1 is 1.47 bits per heavy atom. The Hall–Kier alpha value is -1.61. The number of carbonyl (C=O) groups is 1. The van der Waals surface area contributed by atoms with Crippen LogP contribution in [0.4, 0.5) is 0 Å². The monoisotopic (exact) mass is 205 g/mol. The van der Waals surface area contributed by atoms with Crippen molar-refractivity contribution in [3.8, 4) is 0 Å². The molecule has 1 rings (SSSR count). The molecule has 3 heteroatoms. The minimum absolute atomic E-state index is 0.268. The molecule has 0 aromatic heterocycles. The van der Waals surface area contributed by atoms with E-state index < -0.39 is 0 Å². The standard InChI is InChI=1S/C12H15NO2/c1-2-15-12(14)9-8-11(13)10-6-4-3-5-7-10/h3-9,11H,2,13H2,1H3/b9-8+. The molecule has 0 aliphatic heterocycles. The number of nitrogens with two attached hydrogens (primary N) is 1. The fraction of sp³-hybridized carbons (Fsp3) is 0.250. The first-order valence-electron chi connectivity index (χ1n) is 4.89. The lowest BCUT2D eigenvalue weighted by molar-refractivity contribution is -0.137. The number of hydrogen-bond acceptors (Lipinski definition) is 3. The summed E-state index contributed by atoms with van der Waals surface area (Å²) in [5, 5.41) is 0. The van der Waals surface area contributed by atoms with Crippen LogP contribution >= 0.6 is 0 Å². The van der Waals surface area contributed by atoms with Crippen molar-refractivity contribution in [3.05, 3.63) is 48.0 Å². The van der Waals surface area contributed by atoms with Crippen molar-refractivity contribution in [2.45, 2.75) is 13.0 Å². The van der Waals surface area contributed by atoms with Gasteiger partial charge in [-0.15, -0.1) is 0 Å². The fourth-order valence-corrected chi connectivity index (χ4v) is 1.16. The van der Waals surface area contributed by atoms with Gasteiger partial charge >= 0.3 is 5.97 Å². The molecular formula is C12H15NO2. The normalized spacial score (nSPS) is 12.7. The lowest BCUT2D eigenvalue weighted by Gasteiger charge is -2.05. The zero-order valence-corrected chi connectivity index (χ0v) is 8.72. The van der Waals surface area contributed by atoms with E-state index in [0.29, 0.717) is 6.61 Å². The van der Waals surface area contributed by atoms with Crippen molar-refractivity contribution in [2.24, 2.45) is 5.73 Å². The van der Waals surface area contributed by atoms with Gasteiger partial charge in [-0.2, -0.15) is 0 Å². The summed E-state index contributed by atoms with van der Waals surface area (Å²) in [5.41, 5.74) is 6.82. The summed E-state index contributed by atoms with van der Waals surface area (Å²) < 4.78 is 4.75. The van der Waals surface area contributed by atoms with Gasteiger partial charge in [-0.25, -0.2) is 4.79 Å². The van der Waals surface area contributed by atoms with Gasteiger partial charge in [-0.3, -0.25) is 0 Å². The molecule has 1 aromatic rings. The maximum atomic E-state index is 11.0. The van der Waals surface area contributed by atoms with Crippen LogP contribution in [0, 0.1) is 0 Å². The van der Waals surface area contributed by atoms with E-state index in [-0.39, 0.29) is 12.0 Å². The highest BCUT2D eigenvalue weighted by Crippen LogP contribution is 2.10. The summed E-state index contributed by atoms with van der Waals surface area (Å²) in [6, 6.07) is 9.31. The van der Waals surface area contributed by atoms with Crippen molar-refractivity contribution in [2.75, 3.05) is 6.61 Å². The van der Waals surface area contributed by atoms with Crippen molar-refractivity contribution in [1.29, 1.82) is 0 Å². The smallest absolute Gasteiger partial charge is 0.330 e. The Morgan fingerprint density at radius 3 is 2.73 bits per heavy atom. The Morgan fingerprint density at radius 2 is 2.13 bits per heavy atom. The van der Waals surface area contributed by atoms with E-state index in [1.807, 2.05) is 30.3 Å². The number of benzene rings is 1. The largest absolute Gasteiger partial charge is 0.463 e. The van der Waals surface area contributed by atoms with E-state index in [0.717, 1.165) is 5.56 Å². The molecule has 0 radical (unpaired) electrons. The van der Waals surface area contributed by atoms with E-state index in [2.05, 4.69) is 0 Å². The molecule has 0 spiro atoms. The number of rotatable bonds is 4. The van der Waals surface area contributed by atoms with Crippen molar-refractivity contribution in [1.82, 2.24) is 0 Å². The van der Waals surface area contributed by atoms with Crippen LogP contribution in [0.3, 0.4) is 0 Å². The van der Waals surface area contributed by atoms with Crippen LogP contribution in [0.1, 0.15) is 18.5 Å². The Balaban J connectivity index is 2.56. The molecule has 3 nitrogen and oxygen atoms in total. The summed E-state index contributed by atoms with van der Waals surface area (Å²) in [4.78, 5) is 11.0. The van der Waals surface area contributed by atoms with E-state index in [1.165, 1.54) is 6.08 Å². The number of ether oxygens (including phenoxy) is 1. The predicted molar refractivity (Wildman–Crippen MR) is 59.1 cm³/mol. The second kappa shape index (κ2) is 5.98. The number of hydrogen-bond donors (Lipinski definition) is 1. The zero-order chi connectivity index (χ0) is 11.1. The molecular weight excluding hydrogens is 190 g/mol. The molecule has 1 aromatic carbocycles. The lowest BCUT2D eigenvalue weighted by atomic mass is 10.1. The van der Waals surface area contributed by atoms with Gasteiger partial charge in [0.2, 0.25) is 0 Å². The summed E-state index contributed by atoms with van der Waals surface area (Å²) >= 11 is 0. The Kier molecular flexibility index (Phi) is 4.57. The zero-order valence-electron chi connectivity index (χ0n) is 8.72. The van der Waals surface area contributed by atoms with Gasteiger partial charge in [0.05, 0.1) is 6.61 Å². The van der Waals surface area contributed by atoms with Crippen LogP contribution in [0.15, 0.2) is 42.5 Å². The summed E-state index contributed by atoms with van der Waals surface area (Å²) in [6.07, 6.45) is 2.99. The number of carbonyl (C=O) groups excluding carboxylic acids is 1. The molecule has 80 valence electrons. The van der Waals surface area contributed by atoms with Crippen LogP contribution in [0.25, 0.3) is 0 Å². The maximum absolute atomic E-state index is 11.0. The van der Waals surface area contributed by atoms with Gasteiger partial charge in [0.25, 0.3) is 0 Å². The second-order valence-corrected chi connectivity index (χ2v) is 3.05. The Bertz CT molecular complexity index is 333. The van der Waals surface area contributed by atoms with Crippen LogP contribution in [0.2, 0.25) is 0 Å². The third kappa shape index (κ3) is 3.95. The summed E-state index contributed by atoms with van der Waals surface area (Å²) in [7, 11) is 0. The molecule has 1 atom stereocenters. The highest BCUT2D eigenvalue weighted by Gasteiger charge is 2.01. The molecule has 15 heavy (non-hydrogen) atoms. The molecule has 0 saturated heterocycles. The van der Waals surface area contributed by atoms with Gasteiger partial charge in [0, 0.05) is 12.1 Å². The number of esters is 1. The average molecular weight is 205 g/mol. The Labute approximate surface area is 89.5 Å². The highest BCUT2D eigenvalue weighted by molar-refractivity contribution is 5.82. The molecule has 0 fully saturated rings. The molecule has 0 amide bonds. The highest BCUT2D eigenvalue weighted by atomic mass is 16.5. The SMILES string of the molecule is CCOC(=O)/C=C/C(N)c1ccccc1. The molecule has 0 heterocycles. The lowest BCUT2D eigenvalue weighted by Crippen LogP contribution is -2.08.